The molecule has 0 amide bonds. The van der Waals surface area contributed by atoms with E-state index in [2.05, 4.69) is 55.4 Å². The molecule has 0 saturated carbocycles. The van der Waals surface area contributed by atoms with E-state index in [9.17, 15) is 0 Å². The lowest BCUT2D eigenvalue weighted by molar-refractivity contribution is 0.158. The summed E-state index contributed by atoms with van der Waals surface area (Å²) in [6, 6.07) is 9.01. The van der Waals surface area contributed by atoms with Crippen LogP contribution in [0, 0.1) is 0 Å². The van der Waals surface area contributed by atoms with Crippen LogP contribution in [0.25, 0.3) is 0 Å². The third-order valence-corrected chi connectivity index (χ3v) is 3.56. The van der Waals surface area contributed by atoms with Crippen molar-refractivity contribution in [3.63, 3.8) is 0 Å². The molecule has 3 heteroatoms. The normalized spacial score (nSPS) is 12.8. The van der Waals surface area contributed by atoms with Gasteiger partial charge in [-0.15, -0.1) is 0 Å². The Balaban J connectivity index is 2.42. The van der Waals surface area contributed by atoms with E-state index in [-0.39, 0.29) is 0 Å². The zero-order valence-electron chi connectivity index (χ0n) is 13.5. The number of nitrogens with zero attached hydrogens (tertiary/aromatic N) is 1. The van der Waals surface area contributed by atoms with Crippen LogP contribution >= 0.6 is 0 Å². The van der Waals surface area contributed by atoms with E-state index < -0.39 is 0 Å². The maximum atomic E-state index is 5.10. The summed E-state index contributed by atoms with van der Waals surface area (Å²) in [4.78, 5) is 2.28. The summed E-state index contributed by atoms with van der Waals surface area (Å²) in [5.74, 6) is 0.571. The van der Waals surface area contributed by atoms with Crippen LogP contribution in [-0.2, 0) is 11.3 Å². The highest BCUT2D eigenvalue weighted by atomic mass is 16.5. The second-order valence-corrected chi connectivity index (χ2v) is 5.58. The highest BCUT2D eigenvalue weighted by Crippen LogP contribution is 2.15. The van der Waals surface area contributed by atoms with Gasteiger partial charge in [-0.05, 0) is 37.1 Å². The Bertz CT molecular complexity index is 351. The molecule has 1 aromatic rings. The predicted octanol–water partition coefficient (Wildman–Crippen LogP) is 2.87. The molecule has 1 N–H and O–H groups in total. The second-order valence-electron chi connectivity index (χ2n) is 5.58. The van der Waals surface area contributed by atoms with Crippen molar-refractivity contribution in [2.75, 3.05) is 40.4 Å². The molecule has 1 rings (SSSR count). The van der Waals surface area contributed by atoms with Gasteiger partial charge in [0.2, 0.25) is 0 Å². The first-order valence-corrected chi connectivity index (χ1v) is 7.64. The van der Waals surface area contributed by atoms with Crippen molar-refractivity contribution in [1.82, 2.24) is 10.2 Å². The topological polar surface area (TPSA) is 24.5 Å². The Kier molecular flexibility index (Phi) is 8.51. The van der Waals surface area contributed by atoms with E-state index in [1.54, 1.807) is 7.11 Å². The van der Waals surface area contributed by atoms with Gasteiger partial charge in [0, 0.05) is 26.7 Å². The molecule has 0 radical (unpaired) electrons. The van der Waals surface area contributed by atoms with E-state index >= 15 is 0 Å². The van der Waals surface area contributed by atoms with Crippen LogP contribution in [0.1, 0.15) is 37.3 Å². The van der Waals surface area contributed by atoms with Gasteiger partial charge >= 0.3 is 0 Å². The van der Waals surface area contributed by atoms with Crippen molar-refractivity contribution in [1.29, 1.82) is 0 Å². The number of hydrogen-bond donors (Lipinski definition) is 1. The molecule has 1 unspecified atom stereocenters. The maximum Gasteiger partial charge on any atom is 0.0589 e. The van der Waals surface area contributed by atoms with E-state index in [1.807, 2.05) is 0 Å². The minimum Gasteiger partial charge on any atom is -0.383 e. The van der Waals surface area contributed by atoms with Gasteiger partial charge in [0.1, 0.15) is 0 Å². The largest absolute Gasteiger partial charge is 0.383 e. The Morgan fingerprint density at radius 1 is 1.25 bits per heavy atom. The summed E-state index contributed by atoms with van der Waals surface area (Å²) >= 11 is 0. The molecule has 0 aliphatic heterocycles. The van der Waals surface area contributed by atoms with E-state index in [0.29, 0.717) is 5.92 Å². The average Bonchev–Trinajstić information content (AvgIpc) is 2.46. The van der Waals surface area contributed by atoms with E-state index in [1.165, 1.54) is 17.5 Å². The van der Waals surface area contributed by atoms with Crippen molar-refractivity contribution in [3.05, 3.63) is 35.4 Å². The summed E-state index contributed by atoms with van der Waals surface area (Å²) in [6.07, 6.45) is 1.19. The summed E-state index contributed by atoms with van der Waals surface area (Å²) in [7, 11) is 3.88. The number of hydrogen-bond acceptors (Lipinski definition) is 3. The smallest absolute Gasteiger partial charge is 0.0589 e. The fourth-order valence-electron chi connectivity index (χ4n) is 2.20. The van der Waals surface area contributed by atoms with Crippen LogP contribution in [0.5, 0.6) is 0 Å². The molecule has 0 aliphatic carbocycles. The molecule has 0 aromatic heterocycles. The van der Waals surface area contributed by atoms with Gasteiger partial charge in [0.05, 0.1) is 6.61 Å². The minimum atomic E-state index is 0.571. The summed E-state index contributed by atoms with van der Waals surface area (Å²) in [5, 5.41) is 3.48. The number of methoxy groups -OCH3 is 1. The van der Waals surface area contributed by atoms with Gasteiger partial charge in [-0.3, -0.25) is 4.90 Å². The van der Waals surface area contributed by atoms with E-state index in [4.69, 9.17) is 4.74 Å². The van der Waals surface area contributed by atoms with Gasteiger partial charge in [-0.2, -0.15) is 0 Å². The van der Waals surface area contributed by atoms with Crippen molar-refractivity contribution >= 4 is 0 Å². The lowest BCUT2D eigenvalue weighted by Gasteiger charge is -2.17. The predicted molar refractivity (Wildman–Crippen MR) is 86.2 cm³/mol. The third kappa shape index (κ3) is 6.51. The minimum absolute atomic E-state index is 0.571. The van der Waals surface area contributed by atoms with Crippen molar-refractivity contribution in [2.24, 2.45) is 0 Å². The molecular formula is C17H30N2O. The van der Waals surface area contributed by atoms with E-state index in [0.717, 1.165) is 32.8 Å². The Morgan fingerprint density at radius 2 is 1.95 bits per heavy atom. The molecule has 0 spiro atoms. The average molecular weight is 278 g/mol. The number of benzene rings is 1. The third-order valence-electron chi connectivity index (χ3n) is 3.56. The quantitative estimate of drug-likeness (QED) is 0.666. The van der Waals surface area contributed by atoms with Crippen LogP contribution < -0.4 is 5.32 Å². The van der Waals surface area contributed by atoms with Crippen molar-refractivity contribution in [2.45, 2.75) is 32.7 Å². The van der Waals surface area contributed by atoms with Gasteiger partial charge in [0.25, 0.3) is 0 Å². The van der Waals surface area contributed by atoms with Crippen LogP contribution in [-0.4, -0.2) is 45.3 Å². The SMILES string of the molecule is CCCNCC(C)c1ccc(CN(C)CCOC)cc1. The monoisotopic (exact) mass is 278 g/mol. The molecule has 1 aromatic carbocycles. The molecule has 20 heavy (non-hydrogen) atoms. The number of rotatable bonds is 10. The number of likely N-dealkylation sites (N-methyl/N-ethyl adjacent to an activating group) is 1. The molecule has 0 bridgehead atoms. The van der Waals surface area contributed by atoms with Gasteiger partial charge in [0.15, 0.2) is 0 Å². The van der Waals surface area contributed by atoms with Gasteiger partial charge < -0.3 is 10.1 Å². The number of nitrogens with one attached hydrogen (secondary N) is 1. The lowest BCUT2D eigenvalue weighted by Crippen LogP contribution is -2.22. The highest BCUT2D eigenvalue weighted by molar-refractivity contribution is 5.25. The first-order chi connectivity index (χ1) is 9.67. The van der Waals surface area contributed by atoms with Crippen LogP contribution in [0.3, 0.4) is 0 Å². The summed E-state index contributed by atoms with van der Waals surface area (Å²) < 4.78 is 5.10. The van der Waals surface area contributed by atoms with Crippen molar-refractivity contribution < 1.29 is 4.74 Å². The first-order valence-electron chi connectivity index (χ1n) is 7.64. The van der Waals surface area contributed by atoms with Crippen LogP contribution in [0.15, 0.2) is 24.3 Å². The zero-order chi connectivity index (χ0) is 14.8. The molecule has 3 nitrogen and oxygen atoms in total. The van der Waals surface area contributed by atoms with Crippen LogP contribution in [0.4, 0.5) is 0 Å². The first kappa shape index (κ1) is 17.2. The molecule has 0 heterocycles. The maximum absolute atomic E-state index is 5.10. The van der Waals surface area contributed by atoms with Crippen molar-refractivity contribution in [3.8, 4) is 0 Å². The van der Waals surface area contributed by atoms with Gasteiger partial charge in [-0.1, -0.05) is 38.1 Å². The Labute approximate surface area is 124 Å². The standard InChI is InChI=1S/C17H30N2O/c1-5-10-18-13-15(2)17-8-6-16(7-9-17)14-19(3)11-12-20-4/h6-9,15,18H,5,10-14H2,1-4H3. The fraction of sp³-hybridized carbons (Fsp3) is 0.647. The molecule has 0 aliphatic rings. The molecule has 114 valence electrons. The fourth-order valence-corrected chi connectivity index (χ4v) is 2.20. The molecular weight excluding hydrogens is 248 g/mol. The Hall–Kier alpha value is -0.900. The molecule has 1 atom stereocenters. The Morgan fingerprint density at radius 3 is 2.55 bits per heavy atom. The van der Waals surface area contributed by atoms with Gasteiger partial charge in [-0.25, -0.2) is 0 Å². The molecule has 0 fully saturated rings. The molecule has 0 saturated heterocycles. The van der Waals surface area contributed by atoms with Crippen LogP contribution in [0.2, 0.25) is 0 Å². The summed E-state index contributed by atoms with van der Waals surface area (Å²) in [5.41, 5.74) is 2.78. The summed E-state index contributed by atoms with van der Waals surface area (Å²) in [6.45, 7) is 9.37. The second kappa shape index (κ2) is 9.92. The zero-order valence-corrected chi connectivity index (χ0v) is 13.5. The highest BCUT2D eigenvalue weighted by Gasteiger charge is 2.05. The number of ether oxygens (including phenoxy) is 1. The lowest BCUT2D eigenvalue weighted by atomic mass is 9.99.